The zero-order valence-corrected chi connectivity index (χ0v) is 16.1. The number of alkyl halides is 6. The number of thioether (sulfide) groups is 1. The summed E-state index contributed by atoms with van der Waals surface area (Å²) in [6, 6.07) is 0. The Hall–Kier alpha value is -2.78. The second-order valence-electron chi connectivity index (χ2n) is 5.29. The first kappa shape index (κ1) is 27.3. The topological polar surface area (TPSA) is 52.6 Å². The molecule has 0 heterocycles. The number of halogens is 11. The first-order chi connectivity index (χ1) is 14.5. The van der Waals surface area contributed by atoms with Crippen LogP contribution in [0.1, 0.15) is 0 Å². The molecular formula is C16H7F11O4S. The highest BCUT2D eigenvalue weighted by atomic mass is 32.2. The maximum absolute atomic E-state index is 13.9. The van der Waals surface area contributed by atoms with E-state index in [2.05, 4.69) is 9.47 Å². The van der Waals surface area contributed by atoms with E-state index in [0.717, 1.165) is 0 Å². The molecule has 0 saturated carbocycles. The Kier molecular flexibility index (Phi) is 8.34. The minimum absolute atomic E-state index is 0.377. The normalized spacial score (nSPS) is 13.6. The van der Waals surface area contributed by atoms with Crippen molar-refractivity contribution < 1.29 is 67.4 Å². The highest BCUT2D eigenvalue weighted by molar-refractivity contribution is 8.04. The average Bonchev–Trinajstić information content (AvgIpc) is 2.69. The fourth-order valence-electron chi connectivity index (χ4n) is 1.95. The lowest BCUT2D eigenvalue weighted by Gasteiger charge is -2.18. The van der Waals surface area contributed by atoms with Gasteiger partial charge in [0, 0.05) is 6.08 Å². The smallest absolute Gasteiger partial charge is 0.417 e. The molecule has 32 heavy (non-hydrogen) atoms. The zero-order valence-electron chi connectivity index (χ0n) is 15.3. The summed E-state index contributed by atoms with van der Waals surface area (Å²) in [5.74, 6) is -17.5. The van der Waals surface area contributed by atoms with Gasteiger partial charge in [-0.3, -0.25) is 0 Å². The van der Waals surface area contributed by atoms with Crippen LogP contribution in [0.25, 0.3) is 0 Å². The molecule has 0 aliphatic rings. The number of methoxy groups -OCH3 is 2. The molecule has 1 rings (SSSR count). The van der Waals surface area contributed by atoms with Crippen molar-refractivity contribution in [3.8, 4) is 0 Å². The highest BCUT2D eigenvalue weighted by Crippen LogP contribution is 2.42. The molecular weight excluding hydrogens is 497 g/mol. The molecule has 0 amide bonds. The number of ether oxygens (including phenoxy) is 2. The number of esters is 2. The lowest BCUT2D eigenvalue weighted by molar-refractivity contribution is -0.140. The molecule has 1 aromatic carbocycles. The molecule has 16 heteroatoms. The Bertz CT molecular complexity index is 964. The van der Waals surface area contributed by atoms with Gasteiger partial charge in [0.05, 0.1) is 30.3 Å². The fourth-order valence-corrected chi connectivity index (χ4v) is 2.97. The maximum Gasteiger partial charge on any atom is 0.417 e. The van der Waals surface area contributed by atoms with Crippen molar-refractivity contribution in [2.75, 3.05) is 14.2 Å². The Morgan fingerprint density at radius 1 is 0.750 bits per heavy atom. The fraction of sp³-hybridized carbons (Fsp3) is 0.250. The molecule has 0 fully saturated rings. The zero-order chi connectivity index (χ0) is 25.2. The molecule has 0 N–H and O–H groups in total. The van der Waals surface area contributed by atoms with Gasteiger partial charge in [-0.15, -0.1) is 0 Å². The number of rotatable bonds is 5. The summed E-state index contributed by atoms with van der Waals surface area (Å²) in [7, 11) is 0.818. The lowest BCUT2D eigenvalue weighted by atomic mass is 10.0. The van der Waals surface area contributed by atoms with Crippen LogP contribution in [0.3, 0.4) is 0 Å². The van der Waals surface area contributed by atoms with Crippen molar-refractivity contribution in [3.63, 3.8) is 0 Å². The maximum atomic E-state index is 13.9. The molecule has 0 unspecified atom stereocenters. The largest absolute Gasteiger partial charge is 0.465 e. The third kappa shape index (κ3) is 5.92. The summed E-state index contributed by atoms with van der Waals surface area (Å²) >= 11 is -0.967. The minimum Gasteiger partial charge on any atom is -0.465 e. The summed E-state index contributed by atoms with van der Waals surface area (Å²) in [6.07, 6.45) is -13.2. The molecule has 0 bridgehead atoms. The average molecular weight is 504 g/mol. The van der Waals surface area contributed by atoms with Crippen molar-refractivity contribution >= 4 is 23.7 Å². The van der Waals surface area contributed by atoms with Gasteiger partial charge in [-0.1, -0.05) is 11.8 Å². The van der Waals surface area contributed by atoms with Crippen LogP contribution in [-0.4, -0.2) is 38.5 Å². The monoisotopic (exact) mass is 504 g/mol. The SMILES string of the molecule is COC(=O)/C(Sc1c(F)c(F)c(F)c(F)c1F)=C(C(=O)OC)\C(=C\C(F)(F)F)C(F)(F)F. The molecule has 0 aliphatic carbocycles. The first-order valence-electron chi connectivity index (χ1n) is 7.45. The van der Waals surface area contributed by atoms with E-state index < -0.39 is 92.2 Å². The molecule has 0 radical (unpaired) electrons. The lowest BCUT2D eigenvalue weighted by Crippen LogP contribution is -2.25. The predicted octanol–water partition coefficient (Wildman–Crippen LogP) is 5.13. The minimum atomic E-state index is -6.02. The molecule has 0 saturated heterocycles. The van der Waals surface area contributed by atoms with E-state index in [1.54, 1.807) is 0 Å². The first-order valence-corrected chi connectivity index (χ1v) is 8.26. The van der Waals surface area contributed by atoms with E-state index in [0.29, 0.717) is 14.2 Å². The van der Waals surface area contributed by atoms with Gasteiger partial charge in [-0.25, -0.2) is 31.5 Å². The van der Waals surface area contributed by atoms with Crippen molar-refractivity contribution in [2.24, 2.45) is 0 Å². The number of hydrogen-bond donors (Lipinski definition) is 0. The van der Waals surface area contributed by atoms with Gasteiger partial charge in [0.1, 0.15) is 4.91 Å². The van der Waals surface area contributed by atoms with Crippen molar-refractivity contribution in [1.82, 2.24) is 0 Å². The Morgan fingerprint density at radius 2 is 1.16 bits per heavy atom. The number of carbonyl (C=O) groups excluding carboxylic acids is 2. The van der Waals surface area contributed by atoms with Crippen LogP contribution in [0.5, 0.6) is 0 Å². The molecule has 0 spiro atoms. The number of benzene rings is 1. The van der Waals surface area contributed by atoms with E-state index in [1.165, 1.54) is 0 Å². The number of carbonyl (C=O) groups is 2. The summed E-state index contributed by atoms with van der Waals surface area (Å²) in [5.41, 5.74) is -5.12. The molecule has 0 aromatic heterocycles. The number of hydrogen-bond acceptors (Lipinski definition) is 5. The van der Waals surface area contributed by atoms with Crippen LogP contribution < -0.4 is 0 Å². The molecule has 0 aliphatic heterocycles. The Labute approximate surface area is 174 Å². The third-order valence-corrected chi connectivity index (χ3v) is 4.38. The molecule has 178 valence electrons. The summed E-state index contributed by atoms with van der Waals surface area (Å²) < 4.78 is 154. The van der Waals surface area contributed by atoms with Crippen molar-refractivity contribution in [3.05, 3.63) is 51.2 Å². The van der Waals surface area contributed by atoms with Gasteiger partial charge in [-0.2, -0.15) is 26.3 Å². The van der Waals surface area contributed by atoms with Crippen LogP contribution >= 0.6 is 11.8 Å². The molecule has 0 atom stereocenters. The molecule has 1 aromatic rings. The van der Waals surface area contributed by atoms with Crippen molar-refractivity contribution in [1.29, 1.82) is 0 Å². The highest BCUT2D eigenvalue weighted by Gasteiger charge is 2.45. The van der Waals surface area contributed by atoms with Gasteiger partial charge < -0.3 is 9.47 Å². The standard InChI is InChI=1S/C16H7F11O4S/c1-30-13(28)5(4(16(25,26)27)3-15(22,23)24)11(14(29)31-2)32-12-9(20)7(18)6(17)8(19)10(12)21/h3H,1-2H3/b4-3-,11-5-. The quantitative estimate of drug-likeness (QED) is 0.106. The van der Waals surface area contributed by atoms with Gasteiger partial charge in [0.25, 0.3) is 0 Å². The van der Waals surface area contributed by atoms with Gasteiger partial charge in [-0.05, 0) is 0 Å². The van der Waals surface area contributed by atoms with Crippen LogP contribution in [0, 0.1) is 29.1 Å². The van der Waals surface area contributed by atoms with Gasteiger partial charge in [0.2, 0.25) is 5.82 Å². The van der Waals surface area contributed by atoms with E-state index in [1.807, 2.05) is 0 Å². The van der Waals surface area contributed by atoms with Crippen molar-refractivity contribution in [2.45, 2.75) is 17.2 Å². The van der Waals surface area contributed by atoms with E-state index in [4.69, 9.17) is 0 Å². The van der Waals surface area contributed by atoms with Crippen LogP contribution in [0.15, 0.2) is 27.0 Å². The second-order valence-corrected chi connectivity index (χ2v) is 6.31. The Balaban J connectivity index is 4.11. The summed E-state index contributed by atoms with van der Waals surface area (Å²) in [6.45, 7) is 0. The van der Waals surface area contributed by atoms with Gasteiger partial charge >= 0.3 is 24.3 Å². The van der Waals surface area contributed by atoms with E-state index in [-0.39, 0.29) is 0 Å². The van der Waals surface area contributed by atoms with Crippen LogP contribution in [0.2, 0.25) is 0 Å². The number of allylic oxidation sites excluding steroid dienone is 1. The Morgan fingerprint density at radius 3 is 1.50 bits per heavy atom. The van der Waals surface area contributed by atoms with Crippen LogP contribution in [0.4, 0.5) is 48.3 Å². The van der Waals surface area contributed by atoms with E-state index >= 15 is 0 Å². The second kappa shape index (κ2) is 9.79. The summed E-state index contributed by atoms with van der Waals surface area (Å²) in [5, 5.41) is 0. The summed E-state index contributed by atoms with van der Waals surface area (Å²) in [4.78, 5) is 19.9. The molecule has 4 nitrogen and oxygen atoms in total. The van der Waals surface area contributed by atoms with E-state index in [9.17, 15) is 57.9 Å². The van der Waals surface area contributed by atoms with Gasteiger partial charge in [0.15, 0.2) is 23.3 Å². The van der Waals surface area contributed by atoms with Crippen LogP contribution in [-0.2, 0) is 19.1 Å². The third-order valence-electron chi connectivity index (χ3n) is 3.24. The predicted molar refractivity (Wildman–Crippen MR) is 83.3 cm³/mol.